The van der Waals surface area contributed by atoms with Crippen LogP contribution in [0.25, 0.3) is 0 Å². The molecule has 0 bridgehead atoms. The lowest BCUT2D eigenvalue weighted by molar-refractivity contribution is 0.00684. The second kappa shape index (κ2) is 4.45. The average molecular weight is 246 g/mol. The maximum Gasteiger partial charge on any atom is 0.182 e. The lowest BCUT2D eigenvalue weighted by Crippen LogP contribution is -2.62. The van der Waals surface area contributed by atoms with E-state index in [1.807, 2.05) is 42.5 Å². The Balaban J connectivity index is 2.63. The molecule has 2 aliphatic carbocycles. The predicted octanol–water partition coefficient (Wildman–Crippen LogP) is 2.37. The fraction of sp³-hybridized carbons (Fsp3) is 0.333. The van der Waals surface area contributed by atoms with E-state index in [0.29, 0.717) is 6.42 Å². The average Bonchev–Trinajstić information content (AvgIpc) is 2.54. The van der Waals surface area contributed by atoms with E-state index in [2.05, 4.69) is 0 Å². The van der Waals surface area contributed by atoms with Crippen molar-refractivity contribution in [2.75, 3.05) is 0 Å². The number of fused-ring (bicyclic) bond motifs is 1. The van der Waals surface area contributed by atoms with Crippen molar-refractivity contribution in [1.29, 1.82) is 21.0 Å². The molecule has 4 nitrogen and oxygen atoms in total. The van der Waals surface area contributed by atoms with Gasteiger partial charge in [0.2, 0.25) is 0 Å². The van der Waals surface area contributed by atoms with E-state index >= 15 is 0 Å². The van der Waals surface area contributed by atoms with E-state index in [-0.39, 0.29) is 0 Å². The Hall–Kier alpha value is -2.82. The molecule has 0 amide bonds. The minimum atomic E-state index is -1.60. The summed E-state index contributed by atoms with van der Waals surface area (Å²) in [6, 6.07) is 7.65. The van der Waals surface area contributed by atoms with Gasteiger partial charge < -0.3 is 0 Å². The third-order valence-electron chi connectivity index (χ3n) is 3.90. The smallest absolute Gasteiger partial charge is 0.182 e. The summed E-state index contributed by atoms with van der Waals surface area (Å²) in [5, 5.41) is 37.4. The molecule has 0 N–H and O–H groups in total. The number of hydrogen-bond donors (Lipinski definition) is 0. The summed E-state index contributed by atoms with van der Waals surface area (Å²) in [5.74, 6) is -0.848. The van der Waals surface area contributed by atoms with Crippen molar-refractivity contribution in [2.24, 2.45) is 22.7 Å². The molecular weight excluding hydrogens is 236 g/mol. The summed E-state index contributed by atoms with van der Waals surface area (Å²) in [6.07, 6.45) is 11.6. The second-order valence-corrected chi connectivity index (χ2v) is 4.59. The summed E-state index contributed by atoms with van der Waals surface area (Å²) in [5.41, 5.74) is -3.19. The van der Waals surface area contributed by atoms with Gasteiger partial charge in [-0.15, -0.1) is 0 Å². The Bertz CT molecular complexity index is 612. The lowest BCUT2D eigenvalue weighted by Gasteiger charge is -2.53. The van der Waals surface area contributed by atoms with Crippen LogP contribution >= 0.6 is 0 Å². The van der Waals surface area contributed by atoms with Gasteiger partial charge in [0.15, 0.2) is 10.8 Å². The van der Waals surface area contributed by atoms with Gasteiger partial charge in [-0.2, -0.15) is 21.0 Å². The maximum absolute atomic E-state index is 9.36. The van der Waals surface area contributed by atoms with Crippen molar-refractivity contribution in [3.63, 3.8) is 0 Å². The SMILES string of the molecule is N#CC1(C#N)C2/C=C\C=C/C/C=C\C2C1(C#N)C#N. The monoisotopic (exact) mass is 246 g/mol. The highest BCUT2D eigenvalue weighted by Crippen LogP contribution is 2.65. The lowest BCUT2D eigenvalue weighted by atomic mass is 9.39. The molecule has 1 saturated carbocycles. The van der Waals surface area contributed by atoms with Crippen LogP contribution in [0.15, 0.2) is 36.5 Å². The van der Waals surface area contributed by atoms with E-state index in [1.54, 1.807) is 18.2 Å². The third-order valence-corrected chi connectivity index (χ3v) is 3.90. The number of hydrogen-bond acceptors (Lipinski definition) is 4. The Labute approximate surface area is 111 Å². The zero-order chi connectivity index (χ0) is 13.9. The summed E-state index contributed by atoms with van der Waals surface area (Å²) in [7, 11) is 0. The van der Waals surface area contributed by atoms with Crippen molar-refractivity contribution >= 4 is 0 Å². The molecule has 2 rings (SSSR count). The van der Waals surface area contributed by atoms with Crippen molar-refractivity contribution in [3.8, 4) is 24.3 Å². The topological polar surface area (TPSA) is 95.2 Å². The fourth-order valence-corrected chi connectivity index (χ4v) is 2.84. The molecule has 1 fully saturated rings. The first-order chi connectivity index (χ1) is 9.22. The van der Waals surface area contributed by atoms with Gasteiger partial charge in [0.05, 0.1) is 24.3 Å². The van der Waals surface area contributed by atoms with Crippen LogP contribution in [0.4, 0.5) is 0 Å². The zero-order valence-electron chi connectivity index (χ0n) is 10.1. The van der Waals surface area contributed by atoms with Crippen molar-refractivity contribution in [3.05, 3.63) is 36.5 Å². The Morgan fingerprint density at radius 2 is 1.26 bits per heavy atom. The number of rotatable bonds is 0. The Morgan fingerprint density at radius 3 is 1.79 bits per heavy atom. The van der Waals surface area contributed by atoms with Crippen LogP contribution in [0.2, 0.25) is 0 Å². The normalized spacial score (nSPS) is 33.9. The van der Waals surface area contributed by atoms with Gasteiger partial charge >= 0.3 is 0 Å². The standard InChI is InChI=1S/C15H10N4/c16-8-14(9-17)12-6-4-2-1-3-5-7-13(12)15(14,10-18)11-19/h1-2,4-7,12-13H,3H2/b2-1-,6-4-,7-5-. The number of allylic oxidation sites excluding steroid dienone is 6. The maximum atomic E-state index is 9.36. The van der Waals surface area contributed by atoms with E-state index < -0.39 is 22.7 Å². The second-order valence-electron chi connectivity index (χ2n) is 4.59. The molecule has 2 aliphatic rings. The first kappa shape index (κ1) is 12.6. The molecule has 0 aromatic heterocycles. The molecule has 2 atom stereocenters. The molecule has 0 saturated heterocycles. The molecular formula is C15H10N4. The highest BCUT2D eigenvalue weighted by molar-refractivity contribution is 5.48. The largest absolute Gasteiger partial charge is 0.196 e. The fourth-order valence-electron chi connectivity index (χ4n) is 2.84. The van der Waals surface area contributed by atoms with Crippen LogP contribution < -0.4 is 0 Å². The number of nitriles is 4. The van der Waals surface area contributed by atoms with Gasteiger partial charge in [0.25, 0.3) is 0 Å². The predicted molar refractivity (Wildman–Crippen MR) is 66.3 cm³/mol. The molecule has 0 aliphatic heterocycles. The van der Waals surface area contributed by atoms with Crippen LogP contribution in [0, 0.1) is 68.0 Å². The van der Waals surface area contributed by atoms with Crippen LogP contribution in [0.3, 0.4) is 0 Å². The molecule has 0 spiro atoms. The molecule has 90 valence electrons. The quantitative estimate of drug-likeness (QED) is 0.613. The van der Waals surface area contributed by atoms with Gasteiger partial charge in [-0.3, -0.25) is 0 Å². The van der Waals surface area contributed by atoms with E-state index in [4.69, 9.17) is 0 Å². The van der Waals surface area contributed by atoms with E-state index in [1.165, 1.54) is 0 Å². The van der Waals surface area contributed by atoms with Crippen LogP contribution in [-0.2, 0) is 0 Å². The van der Waals surface area contributed by atoms with Gasteiger partial charge in [0.1, 0.15) is 0 Å². The van der Waals surface area contributed by atoms with E-state index in [0.717, 1.165) is 0 Å². The first-order valence-corrected chi connectivity index (χ1v) is 5.87. The van der Waals surface area contributed by atoms with Gasteiger partial charge in [-0.1, -0.05) is 36.5 Å². The molecule has 2 unspecified atom stereocenters. The van der Waals surface area contributed by atoms with Crippen molar-refractivity contribution < 1.29 is 0 Å². The summed E-state index contributed by atoms with van der Waals surface area (Å²) in [6.45, 7) is 0. The zero-order valence-corrected chi connectivity index (χ0v) is 10.1. The van der Waals surface area contributed by atoms with Gasteiger partial charge in [-0.05, 0) is 6.42 Å². The van der Waals surface area contributed by atoms with E-state index in [9.17, 15) is 21.0 Å². The van der Waals surface area contributed by atoms with Crippen molar-refractivity contribution in [2.45, 2.75) is 6.42 Å². The molecule has 0 radical (unpaired) electrons. The third kappa shape index (κ3) is 1.35. The van der Waals surface area contributed by atoms with Crippen LogP contribution in [0.1, 0.15) is 6.42 Å². The molecule has 4 heteroatoms. The highest BCUT2D eigenvalue weighted by Gasteiger charge is 2.74. The first-order valence-electron chi connectivity index (χ1n) is 5.87. The summed E-state index contributed by atoms with van der Waals surface area (Å²) >= 11 is 0. The minimum absolute atomic E-state index is 0.419. The van der Waals surface area contributed by atoms with Crippen molar-refractivity contribution in [1.82, 2.24) is 0 Å². The Morgan fingerprint density at radius 1 is 0.737 bits per heavy atom. The van der Waals surface area contributed by atoms with Gasteiger partial charge in [0, 0.05) is 11.8 Å². The molecule has 0 aromatic rings. The number of nitrogens with zero attached hydrogens (tertiary/aromatic N) is 4. The Kier molecular flexibility index (Phi) is 2.96. The highest BCUT2D eigenvalue weighted by atomic mass is 14.7. The molecule has 19 heavy (non-hydrogen) atoms. The minimum Gasteiger partial charge on any atom is -0.196 e. The van der Waals surface area contributed by atoms with Crippen LogP contribution in [0.5, 0.6) is 0 Å². The van der Waals surface area contributed by atoms with Crippen LogP contribution in [-0.4, -0.2) is 0 Å². The summed E-state index contributed by atoms with van der Waals surface area (Å²) in [4.78, 5) is 0. The molecule has 0 heterocycles. The summed E-state index contributed by atoms with van der Waals surface area (Å²) < 4.78 is 0. The molecule has 0 aromatic carbocycles. The van der Waals surface area contributed by atoms with Gasteiger partial charge in [-0.25, -0.2) is 0 Å².